The monoisotopic (exact) mass is 214 g/mol. The lowest BCUT2D eigenvalue weighted by Gasteiger charge is -1.81. The van der Waals surface area contributed by atoms with Crippen LogP contribution in [0.4, 0.5) is 0 Å². The molecule has 0 aliphatic carbocycles. The number of carbonyl (C=O) groups excluding carboxylic acids is 1. The zero-order valence-electron chi connectivity index (χ0n) is 8.95. The second-order valence-corrected chi connectivity index (χ2v) is 2.84. The Morgan fingerprint density at radius 1 is 1.07 bits per heavy atom. The Morgan fingerprint density at radius 3 is 1.93 bits per heavy atom. The standard InChI is InChI=1S/C5H9NO.C5H9NS/c2*1-2-3-4-6-5-7/h2*2-4H2,1H3. The van der Waals surface area contributed by atoms with E-state index < -0.39 is 0 Å². The van der Waals surface area contributed by atoms with E-state index in [0.29, 0.717) is 6.54 Å². The van der Waals surface area contributed by atoms with Crippen LogP contribution in [0.3, 0.4) is 0 Å². The first-order valence-corrected chi connectivity index (χ1v) is 5.31. The predicted molar refractivity (Wildman–Crippen MR) is 62.7 cm³/mol. The maximum Gasteiger partial charge on any atom is 0.234 e. The van der Waals surface area contributed by atoms with Crippen LogP contribution in [0.5, 0.6) is 0 Å². The first kappa shape index (κ1) is 15.6. The molecule has 4 heteroatoms. The van der Waals surface area contributed by atoms with Gasteiger partial charge in [-0.3, -0.25) is 0 Å². The molecule has 0 aliphatic heterocycles. The van der Waals surface area contributed by atoms with Gasteiger partial charge in [0.15, 0.2) is 0 Å². The van der Waals surface area contributed by atoms with Gasteiger partial charge in [0, 0.05) is 6.54 Å². The highest BCUT2D eigenvalue weighted by molar-refractivity contribution is 7.78. The van der Waals surface area contributed by atoms with E-state index in [2.05, 4.69) is 41.2 Å². The Morgan fingerprint density at radius 2 is 1.57 bits per heavy atom. The minimum atomic E-state index is 0.639. The average molecular weight is 214 g/mol. The van der Waals surface area contributed by atoms with Gasteiger partial charge in [-0.15, -0.1) is 0 Å². The highest BCUT2D eigenvalue weighted by atomic mass is 32.1. The maximum absolute atomic E-state index is 9.39. The Kier molecular flexibility index (Phi) is 20.2. The smallest absolute Gasteiger partial charge is 0.233 e. The van der Waals surface area contributed by atoms with Crippen molar-refractivity contribution in [3.8, 4) is 0 Å². The third-order valence-corrected chi connectivity index (χ3v) is 1.51. The van der Waals surface area contributed by atoms with E-state index >= 15 is 0 Å². The molecule has 14 heavy (non-hydrogen) atoms. The molecular formula is C10H18N2OS. The number of unbranched alkanes of at least 4 members (excludes halogenated alkanes) is 2. The molecule has 0 amide bonds. The molecule has 0 saturated carbocycles. The summed E-state index contributed by atoms with van der Waals surface area (Å²) in [6.07, 6.45) is 5.87. The van der Waals surface area contributed by atoms with E-state index in [1.54, 1.807) is 0 Å². The van der Waals surface area contributed by atoms with E-state index in [4.69, 9.17) is 0 Å². The fourth-order valence-electron chi connectivity index (χ4n) is 0.566. The summed E-state index contributed by atoms with van der Waals surface area (Å²) >= 11 is 4.35. The van der Waals surface area contributed by atoms with Gasteiger partial charge in [0.25, 0.3) is 0 Å². The van der Waals surface area contributed by atoms with Crippen molar-refractivity contribution in [2.75, 3.05) is 13.1 Å². The van der Waals surface area contributed by atoms with Crippen molar-refractivity contribution in [2.24, 2.45) is 9.98 Å². The molecule has 0 rings (SSSR count). The third kappa shape index (κ3) is 22.5. The van der Waals surface area contributed by atoms with Crippen LogP contribution in [0, 0.1) is 0 Å². The molecule has 0 heterocycles. The van der Waals surface area contributed by atoms with Crippen molar-refractivity contribution >= 4 is 23.5 Å². The molecule has 0 aromatic carbocycles. The summed E-state index contributed by atoms with van der Waals surface area (Å²) in [5.74, 6) is 0. The van der Waals surface area contributed by atoms with Crippen LogP contribution in [-0.4, -0.2) is 24.3 Å². The molecule has 0 aromatic heterocycles. The summed E-state index contributed by atoms with van der Waals surface area (Å²) in [6.45, 7) is 5.67. The molecule has 0 spiro atoms. The van der Waals surface area contributed by atoms with Crippen molar-refractivity contribution in [3.63, 3.8) is 0 Å². The number of thiocarbonyl (C=S) groups is 1. The van der Waals surface area contributed by atoms with E-state index in [0.717, 1.165) is 25.8 Å². The predicted octanol–water partition coefficient (Wildman–Crippen LogP) is 3.01. The second-order valence-electron chi connectivity index (χ2n) is 2.65. The lowest BCUT2D eigenvalue weighted by Crippen LogP contribution is -1.74. The number of aliphatic imine (C=N–C) groups is 2. The lowest BCUT2D eigenvalue weighted by atomic mass is 10.3. The van der Waals surface area contributed by atoms with Gasteiger partial charge in [0.05, 0.1) is 11.7 Å². The van der Waals surface area contributed by atoms with E-state index in [-0.39, 0.29) is 0 Å². The van der Waals surface area contributed by atoms with Crippen LogP contribution >= 0.6 is 12.2 Å². The first-order chi connectivity index (χ1) is 6.83. The van der Waals surface area contributed by atoms with Crippen LogP contribution in [0.15, 0.2) is 9.98 Å². The average Bonchev–Trinajstić information content (AvgIpc) is 2.21. The van der Waals surface area contributed by atoms with Gasteiger partial charge in [-0.05, 0) is 25.1 Å². The summed E-state index contributed by atoms with van der Waals surface area (Å²) in [5.41, 5.74) is 0. The number of nitrogens with zero attached hydrogens (tertiary/aromatic N) is 2. The van der Waals surface area contributed by atoms with E-state index in [1.807, 2.05) is 0 Å². The van der Waals surface area contributed by atoms with Gasteiger partial charge in [-0.2, -0.15) is 0 Å². The molecule has 0 aromatic rings. The number of isocyanates is 1. The molecule has 0 fully saturated rings. The van der Waals surface area contributed by atoms with Crippen LogP contribution < -0.4 is 0 Å². The lowest BCUT2D eigenvalue weighted by molar-refractivity contribution is 0.562. The summed E-state index contributed by atoms with van der Waals surface area (Å²) in [4.78, 5) is 16.5. The number of rotatable bonds is 6. The Bertz CT molecular complexity index is 172. The Balaban J connectivity index is 0. The summed E-state index contributed by atoms with van der Waals surface area (Å²) in [7, 11) is 0. The Labute approximate surface area is 91.3 Å². The van der Waals surface area contributed by atoms with Crippen LogP contribution in [0.1, 0.15) is 39.5 Å². The van der Waals surface area contributed by atoms with Crippen molar-refractivity contribution in [2.45, 2.75) is 39.5 Å². The molecule has 0 radical (unpaired) electrons. The fraction of sp³-hybridized carbons (Fsp3) is 0.800. The Hall–Kier alpha value is -0.820. The summed E-state index contributed by atoms with van der Waals surface area (Å²) in [5, 5.41) is 2.31. The van der Waals surface area contributed by atoms with Gasteiger partial charge in [0.2, 0.25) is 6.08 Å². The molecule has 80 valence electrons. The van der Waals surface area contributed by atoms with E-state index in [9.17, 15) is 4.79 Å². The number of isothiocyanates is 1. The van der Waals surface area contributed by atoms with Gasteiger partial charge in [0.1, 0.15) is 0 Å². The largest absolute Gasteiger partial charge is 0.234 e. The molecule has 0 bridgehead atoms. The SMILES string of the molecule is CCCCN=C=O.CCCCN=C=S. The molecule has 0 unspecified atom stereocenters. The number of hydrogen-bond donors (Lipinski definition) is 0. The molecule has 3 nitrogen and oxygen atoms in total. The van der Waals surface area contributed by atoms with Crippen molar-refractivity contribution in [1.29, 1.82) is 0 Å². The number of hydrogen-bond acceptors (Lipinski definition) is 4. The summed E-state index contributed by atoms with van der Waals surface area (Å²) in [6, 6.07) is 0. The molecule has 0 aliphatic rings. The van der Waals surface area contributed by atoms with Crippen LogP contribution in [0.25, 0.3) is 0 Å². The third-order valence-electron chi connectivity index (χ3n) is 1.38. The zero-order chi connectivity index (χ0) is 11.1. The minimum Gasteiger partial charge on any atom is -0.233 e. The van der Waals surface area contributed by atoms with Gasteiger partial charge in [-0.25, -0.2) is 14.8 Å². The quantitative estimate of drug-likeness (QED) is 0.295. The molecular weight excluding hydrogens is 196 g/mol. The van der Waals surface area contributed by atoms with Gasteiger partial charge in [-0.1, -0.05) is 26.7 Å². The maximum atomic E-state index is 9.39. The second kappa shape index (κ2) is 18.1. The highest BCUT2D eigenvalue weighted by Gasteiger charge is 1.74. The first-order valence-electron chi connectivity index (χ1n) is 4.90. The van der Waals surface area contributed by atoms with Crippen LogP contribution in [-0.2, 0) is 4.79 Å². The van der Waals surface area contributed by atoms with Crippen molar-refractivity contribution in [1.82, 2.24) is 0 Å². The van der Waals surface area contributed by atoms with Crippen LogP contribution in [0.2, 0.25) is 0 Å². The topological polar surface area (TPSA) is 41.8 Å². The molecule has 0 saturated heterocycles. The van der Waals surface area contributed by atoms with Gasteiger partial charge < -0.3 is 0 Å². The minimum absolute atomic E-state index is 0.639. The molecule has 0 N–H and O–H groups in total. The zero-order valence-corrected chi connectivity index (χ0v) is 9.77. The normalized spacial score (nSPS) is 7.57. The molecule has 0 atom stereocenters. The van der Waals surface area contributed by atoms with Crippen molar-refractivity contribution in [3.05, 3.63) is 0 Å². The highest BCUT2D eigenvalue weighted by Crippen LogP contribution is 1.84. The summed E-state index contributed by atoms with van der Waals surface area (Å²) < 4.78 is 0. The van der Waals surface area contributed by atoms with Gasteiger partial charge >= 0.3 is 0 Å². The van der Waals surface area contributed by atoms with Crippen molar-refractivity contribution < 1.29 is 4.79 Å². The van der Waals surface area contributed by atoms with E-state index in [1.165, 1.54) is 12.5 Å². The fourth-order valence-corrected chi connectivity index (χ4v) is 0.657.